The third-order valence-corrected chi connectivity index (χ3v) is 4.22. The summed E-state index contributed by atoms with van der Waals surface area (Å²) in [7, 11) is 0. The number of carbonyl (C=O) groups excluding carboxylic acids is 1. The number of rotatable bonds is 6. The largest absolute Gasteiger partial charge is 0.484 e. The molecular weight excluding hydrogens is 286 g/mol. The van der Waals surface area contributed by atoms with Crippen LogP contribution in [0.3, 0.4) is 0 Å². The highest BCUT2D eigenvalue weighted by Crippen LogP contribution is 2.21. The minimum Gasteiger partial charge on any atom is -0.484 e. The van der Waals surface area contributed by atoms with Crippen LogP contribution < -0.4 is 10.1 Å². The van der Waals surface area contributed by atoms with E-state index in [1.165, 1.54) is 11.1 Å². The highest BCUT2D eigenvalue weighted by atomic mass is 16.5. The molecule has 3 heteroatoms. The molecule has 0 saturated carbocycles. The van der Waals surface area contributed by atoms with Gasteiger partial charge in [0.05, 0.1) is 0 Å². The molecule has 0 radical (unpaired) electrons. The zero-order valence-electron chi connectivity index (χ0n) is 14.3. The summed E-state index contributed by atoms with van der Waals surface area (Å²) in [6.45, 7) is 8.46. The minimum atomic E-state index is -0.153. The van der Waals surface area contributed by atoms with Crippen molar-refractivity contribution >= 4 is 11.6 Å². The lowest BCUT2D eigenvalue weighted by atomic mass is 9.99. The van der Waals surface area contributed by atoms with Crippen LogP contribution in [0.1, 0.15) is 42.9 Å². The van der Waals surface area contributed by atoms with E-state index < -0.39 is 0 Å². The van der Waals surface area contributed by atoms with Gasteiger partial charge in [-0.15, -0.1) is 0 Å². The number of amides is 1. The Kier molecular flexibility index (Phi) is 5.80. The number of benzene rings is 2. The van der Waals surface area contributed by atoms with Crippen LogP contribution in [0.15, 0.2) is 42.5 Å². The fourth-order valence-electron chi connectivity index (χ4n) is 2.29. The zero-order chi connectivity index (χ0) is 16.8. The molecule has 0 aromatic heterocycles. The molecule has 0 saturated heterocycles. The van der Waals surface area contributed by atoms with Crippen LogP contribution in [-0.4, -0.2) is 12.5 Å². The monoisotopic (exact) mass is 311 g/mol. The average molecular weight is 311 g/mol. The third kappa shape index (κ3) is 4.85. The van der Waals surface area contributed by atoms with Gasteiger partial charge in [-0.25, -0.2) is 0 Å². The first-order valence-electron chi connectivity index (χ1n) is 8.09. The van der Waals surface area contributed by atoms with E-state index in [1.54, 1.807) is 0 Å². The molecule has 2 aromatic rings. The topological polar surface area (TPSA) is 38.3 Å². The normalized spacial score (nSPS) is 11.8. The Labute approximate surface area is 138 Å². The lowest BCUT2D eigenvalue weighted by molar-refractivity contribution is -0.118. The van der Waals surface area contributed by atoms with Gasteiger partial charge in [0.25, 0.3) is 5.91 Å². The smallest absolute Gasteiger partial charge is 0.262 e. The maximum Gasteiger partial charge on any atom is 0.262 e. The number of hydrogen-bond acceptors (Lipinski definition) is 2. The second-order valence-electron chi connectivity index (χ2n) is 6.01. The summed E-state index contributed by atoms with van der Waals surface area (Å²) in [5.74, 6) is 1.10. The summed E-state index contributed by atoms with van der Waals surface area (Å²) in [5, 5.41) is 2.86. The Bertz CT molecular complexity index is 662. The van der Waals surface area contributed by atoms with E-state index in [0.717, 1.165) is 17.7 Å². The van der Waals surface area contributed by atoms with Crippen molar-refractivity contribution < 1.29 is 9.53 Å². The molecule has 0 aliphatic rings. The van der Waals surface area contributed by atoms with Crippen molar-refractivity contribution in [3.05, 3.63) is 59.2 Å². The van der Waals surface area contributed by atoms with Crippen molar-refractivity contribution in [2.75, 3.05) is 11.9 Å². The predicted molar refractivity (Wildman–Crippen MR) is 95.2 cm³/mol. The first kappa shape index (κ1) is 17.1. The molecule has 0 aliphatic heterocycles. The predicted octanol–water partition coefficient (Wildman–Crippen LogP) is 4.83. The Balaban J connectivity index is 1.87. The number of aryl methyl sites for hydroxylation is 2. The van der Waals surface area contributed by atoms with Gasteiger partial charge in [0, 0.05) is 5.69 Å². The summed E-state index contributed by atoms with van der Waals surface area (Å²) in [4.78, 5) is 12.0. The van der Waals surface area contributed by atoms with Crippen molar-refractivity contribution in [3.63, 3.8) is 0 Å². The standard InChI is InChI=1S/C20H25NO2/c1-5-14(2)17-7-10-19(11-8-17)23-13-20(22)21-18-9-6-15(3)16(4)12-18/h6-12,14H,5,13H2,1-4H3,(H,21,22). The average Bonchev–Trinajstić information content (AvgIpc) is 2.56. The van der Waals surface area contributed by atoms with E-state index in [4.69, 9.17) is 4.74 Å². The maximum absolute atomic E-state index is 12.0. The van der Waals surface area contributed by atoms with Gasteiger partial charge in [-0.1, -0.05) is 32.0 Å². The van der Waals surface area contributed by atoms with E-state index in [0.29, 0.717) is 11.7 Å². The van der Waals surface area contributed by atoms with Crippen LogP contribution in [0.2, 0.25) is 0 Å². The van der Waals surface area contributed by atoms with Crippen LogP contribution in [0.4, 0.5) is 5.69 Å². The van der Waals surface area contributed by atoms with Gasteiger partial charge in [-0.2, -0.15) is 0 Å². The Hall–Kier alpha value is -2.29. The SMILES string of the molecule is CCC(C)c1ccc(OCC(=O)Nc2ccc(C)c(C)c2)cc1. The molecule has 122 valence electrons. The molecule has 23 heavy (non-hydrogen) atoms. The number of carbonyl (C=O) groups is 1. The minimum absolute atomic E-state index is 0.00953. The molecule has 0 heterocycles. The highest BCUT2D eigenvalue weighted by Gasteiger charge is 2.06. The maximum atomic E-state index is 12.0. The van der Waals surface area contributed by atoms with Crippen LogP contribution in [0.5, 0.6) is 5.75 Å². The van der Waals surface area contributed by atoms with Crippen LogP contribution in [0.25, 0.3) is 0 Å². The number of anilines is 1. The van der Waals surface area contributed by atoms with Crippen LogP contribution in [-0.2, 0) is 4.79 Å². The van der Waals surface area contributed by atoms with Crippen molar-refractivity contribution in [1.29, 1.82) is 0 Å². The van der Waals surface area contributed by atoms with E-state index in [9.17, 15) is 4.79 Å². The lowest BCUT2D eigenvalue weighted by Crippen LogP contribution is -2.20. The molecule has 1 unspecified atom stereocenters. The molecule has 0 fully saturated rings. The Morgan fingerprint density at radius 1 is 1.09 bits per heavy atom. The van der Waals surface area contributed by atoms with Gasteiger partial charge in [0.1, 0.15) is 5.75 Å². The molecule has 2 aromatic carbocycles. The van der Waals surface area contributed by atoms with Crippen molar-refractivity contribution in [1.82, 2.24) is 0 Å². The molecule has 1 N–H and O–H groups in total. The summed E-state index contributed by atoms with van der Waals surface area (Å²) in [6, 6.07) is 13.8. The second-order valence-corrected chi connectivity index (χ2v) is 6.01. The number of nitrogens with one attached hydrogen (secondary N) is 1. The summed E-state index contributed by atoms with van der Waals surface area (Å²) < 4.78 is 5.55. The van der Waals surface area contributed by atoms with Crippen molar-refractivity contribution in [2.24, 2.45) is 0 Å². The third-order valence-electron chi connectivity index (χ3n) is 4.22. The van der Waals surface area contributed by atoms with Gasteiger partial charge in [0.15, 0.2) is 6.61 Å². The fraction of sp³-hybridized carbons (Fsp3) is 0.350. The van der Waals surface area contributed by atoms with Gasteiger partial charge < -0.3 is 10.1 Å². The van der Waals surface area contributed by atoms with Gasteiger partial charge in [-0.05, 0) is 67.1 Å². The summed E-state index contributed by atoms with van der Waals surface area (Å²) in [5.41, 5.74) is 4.46. The summed E-state index contributed by atoms with van der Waals surface area (Å²) >= 11 is 0. The first-order valence-corrected chi connectivity index (χ1v) is 8.09. The zero-order valence-corrected chi connectivity index (χ0v) is 14.3. The van der Waals surface area contributed by atoms with E-state index in [-0.39, 0.29) is 12.5 Å². The van der Waals surface area contributed by atoms with Gasteiger partial charge in [-0.3, -0.25) is 4.79 Å². The van der Waals surface area contributed by atoms with Crippen LogP contribution in [0, 0.1) is 13.8 Å². The molecule has 1 amide bonds. The molecule has 0 bridgehead atoms. The summed E-state index contributed by atoms with van der Waals surface area (Å²) in [6.07, 6.45) is 1.11. The molecule has 0 aliphatic carbocycles. The van der Waals surface area contributed by atoms with E-state index >= 15 is 0 Å². The van der Waals surface area contributed by atoms with Crippen molar-refractivity contribution in [3.8, 4) is 5.75 Å². The molecule has 1 atom stereocenters. The Morgan fingerprint density at radius 3 is 2.39 bits per heavy atom. The quantitative estimate of drug-likeness (QED) is 0.829. The van der Waals surface area contributed by atoms with Gasteiger partial charge in [0.2, 0.25) is 0 Å². The lowest BCUT2D eigenvalue weighted by Gasteiger charge is -2.11. The molecule has 0 spiro atoms. The Morgan fingerprint density at radius 2 is 1.78 bits per heavy atom. The van der Waals surface area contributed by atoms with E-state index in [2.05, 4.69) is 31.3 Å². The van der Waals surface area contributed by atoms with E-state index in [1.807, 2.05) is 44.2 Å². The highest BCUT2D eigenvalue weighted by molar-refractivity contribution is 5.92. The molecule has 3 nitrogen and oxygen atoms in total. The van der Waals surface area contributed by atoms with Gasteiger partial charge >= 0.3 is 0 Å². The first-order chi connectivity index (χ1) is 11.0. The number of ether oxygens (including phenoxy) is 1. The fourth-order valence-corrected chi connectivity index (χ4v) is 2.29. The van der Waals surface area contributed by atoms with Crippen molar-refractivity contribution in [2.45, 2.75) is 40.0 Å². The number of hydrogen-bond donors (Lipinski definition) is 1. The second kappa shape index (κ2) is 7.82. The molecular formula is C20H25NO2. The molecule has 2 rings (SSSR count). The van der Waals surface area contributed by atoms with Crippen LogP contribution >= 0.6 is 0 Å².